The predicted molar refractivity (Wildman–Crippen MR) is 130 cm³/mol. The number of halogens is 2. The molecule has 2 aliphatic heterocycles. The molecule has 29 heavy (non-hydrogen) atoms. The van der Waals surface area contributed by atoms with E-state index in [0.29, 0.717) is 4.95 Å². The van der Waals surface area contributed by atoms with Crippen LogP contribution in [0.3, 0.4) is 0 Å². The van der Waals surface area contributed by atoms with Crippen molar-refractivity contribution < 1.29 is 0 Å². The molecule has 2 N–H and O–H groups in total. The van der Waals surface area contributed by atoms with Crippen molar-refractivity contribution >= 4 is 54.4 Å². The monoisotopic (exact) mass is 532 g/mol. The van der Waals surface area contributed by atoms with E-state index >= 15 is 0 Å². The SMILES string of the molecule is Brc1cc2cc3cccc(SC4CCCC5C6CNC(Br)CC6CC45)c3c-2c[nH]1. The van der Waals surface area contributed by atoms with Gasteiger partial charge in [-0.1, -0.05) is 34.5 Å². The molecule has 152 valence electrons. The lowest BCUT2D eigenvalue weighted by Crippen LogP contribution is -2.41. The van der Waals surface area contributed by atoms with E-state index in [-0.39, 0.29) is 0 Å². The number of aromatic amines is 1. The Kier molecular flexibility index (Phi) is 5.02. The second-order valence-corrected chi connectivity index (χ2v) is 12.4. The number of thioether (sulfide) groups is 1. The van der Waals surface area contributed by atoms with Gasteiger partial charge < -0.3 is 10.3 Å². The molecule has 6 unspecified atom stereocenters. The Labute approximate surface area is 193 Å². The number of pyridine rings is 1. The standard InChI is InChI=1S/C24H26Br2N2S/c25-22-9-14-7-13-3-1-6-21(24(13)19(14)12-28-22)29-20-5-2-4-16-17(20)8-15-10-23(26)27-11-18(15)16/h1,3,6-7,9,12,15-18,20,23,27-28H,2,4-5,8,10-11H2. The van der Waals surface area contributed by atoms with Crippen molar-refractivity contribution in [2.75, 3.05) is 6.54 Å². The van der Waals surface area contributed by atoms with E-state index in [0.717, 1.165) is 33.5 Å². The molecule has 0 spiro atoms. The summed E-state index contributed by atoms with van der Waals surface area (Å²) in [6.07, 6.45) is 9.14. The van der Waals surface area contributed by atoms with Gasteiger partial charge in [-0.15, -0.1) is 11.8 Å². The Morgan fingerprint density at radius 2 is 1.97 bits per heavy atom. The van der Waals surface area contributed by atoms with Crippen molar-refractivity contribution in [3.63, 3.8) is 0 Å². The molecule has 0 bridgehead atoms. The van der Waals surface area contributed by atoms with Crippen molar-refractivity contribution in [3.8, 4) is 11.1 Å². The van der Waals surface area contributed by atoms with E-state index in [1.54, 1.807) is 0 Å². The molecule has 3 aliphatic carbocycles. The highest BCUT2D eigenvalue weighted by Crippen LogP contribution is 2.56. The number of fused-ring (bicyclic) bond motifs is 6. The van der Waals surface area contributed by atoms with Crippen LogP contribution in [0.2, 0.25) is 0 Å². The maximum absolute atomic E-state index is 3.82. The third kappa shape index (κ3) is 3.31. The molecule has 2 heterocycles. The van der Waals surface area contributed by atoms with Crippen molar-refractivity contribution in [3.05, 3.63) is 41.1 Å². The maximum atomic E-state index is 3.82. The summed E-state index contributed by atoms with van der Waals surface area (Å²) in [5.74, 6) is 3.64. The van der Waals surface area contributed by atoms with Crippen LogP contribution in [0.5, 0.6) is 0 Å². The fourth-order valence-electron chi connectivity index (χ4n) is 6.54. The summed E-state index contributed by atoms with van der Waals surface area (Å²) in [5, 5.41) is 7.28. The Hall–Kier alpha value is -0.490. The first-order valence-electron chi connectivity index (χ1n) is 10.9. The average molecular weight is 534 g/mol. The van der Waals surface area contributed by atoms with Gasteiger partial charge in [-0.25, -0.2) is 0 Å². The average Bonchev–Trinajstić information content (AvgIpc) is 3.26. The lowest BCUT2D eigenvalue weighted by Gasteiger charge is -2.37. The lowest BCUT2D eigenvalue weighted by atomic mass is 9.76. The van der Waals surface area contributed by atoms with Gasteiger partial charge in [-0.05, 0) is 101 Å². The minimum absolute atomic E-state index is 0.523. The topological polar surface area (TPSA) is 27.8 Å². The van der Waals surface area contributed by atoms with Crippen molar-refractivity contribution in [2.45, 2.75) is 47.2 Å². The van der Waals surface area contributed by atoms with Gasteiger partial charge in [0.15, 0.2) is 0 Å². The largest absolute Gasteiger partial charge is 0.355 e. The molecule has 1 saturated heterocycles. The highest BCUT2D eigenvalue weighted by molar-refractivity contribution is 9.10. The summed E-state index contributed by atoms with van der Waals surface area (Å²) >= 11 is 9.59. The molecule has 1 aromatic carbocycles. The molecule has 0 radical (unpaired) electrons. The molecule has 2 nitrogen and oxygen atoms in total. The van der Waals surface area contributed by atoms with E-state index in [9.17, 15) is 0 Å². The van der Waals surface area contributed by atoms with Gasteiger partial charge in [0.05, 0.1) is 9.55 Å². The first kappa shape index (κ1) is 19.2. The van der Waals surface area contributed by atoms with E-state index in [4.69, 9.17) is 0 Å². The lowest BCUT2D eigenvalue weighted by molar-refractivity contribution is 0.195. The zero-order chi connectivity index (χ0) is 19.5. The molecule has 1 aromatic rings. The summed E-state index contributed by atoms with van der Waals surface area (Å²) in [7, 11) is 0. The number of H-pyrrole nitrogens is 1. The summed E-state index contributed by atoms with van der Waals surface area (Å²) < 4.78 is 1.04. The van der Waals surface area contributed by atoms with Crippen molar-refractivity contribution in [1.29, 1.82) is 0 Å². The van der Waals surface area contributed by atoms with Gasteiger partial charge in [-0.3, -0.25) is 0 Å². The summed E-state index contributed by atoms with van der Waals surface area (Å²) in [6.45, 7) is 1.22. The summed E-state index contributed by atoms with van der Waals surface area (Å²) in [6, 6.07) is 11.4. The van der Waals surface area contributed by atoms with Gasteiger partial charge in [0, 0.05) is 27.3 Å². The molecule has 0 amide bonds. The first-order valence-corrected chi connectivity index (χ1v) is 13.5. The normalized spacial score (nSPS) is 34.4. The van der Waals surface area contributed by atoms with Crippen molar-refractivity contribution in [1.82, 2.24) is 10.3 Å². The van der Waals surface area contributed by atoms with E-state index in [1.807, 2.05) is 0 Å². The summed E-state index contributed by atoms with van der Waals surface area (Å²) in [4.78, 5) is 5.35. The Morgan fingerprint density at radius 1 is 1.03 bits per heavy atom. The predicted octanol–water partition coefficient (Wildman–Crippen LogP) is 7.26. The zero-order valence-corrected chi connectivity index (χ0v) is 20.3. The second-order valence-electron chi connectivity index (χ2n) is 9.20. The van der Waals surface area contributed by atoms with Crippen LogP contribution in [0.1, 0.15) is 32.1 Å². The smallest absolute Gasteiger partial charge is 0.0825 e. The molecule has 2 saturated carbocycles. The molecule has 6 rings (SSSR count). The number of alkyl halides is 1. The molecular weight excluding hydrogens is 508 g/mol. The Morgan fingerprint density at radius 3 is 2.90 bits per heavy atom. The molecular formula is C24H26Br2N2S. The van der Waals surface area contributed by atoms with Crippen LogP contribution in [0, 0.1) is 23.7 Å². The van der Waals surface area contributed by atoms with E-state index in [1.165, 1.54) is 65.4 Å². The zero-order valence-electron chi connectivity index (χ0n) is 16.3. The first-order chi connectivity index (χ1) is 14.2. The van der Waals surface area contributed by atoms with Gasteiger partial charge >= 0.3 is 0 Å². The quantitative estimate of drug-likeness (QED) is 0.206. The minimum atomic E-state index is 0.523. The number of piperidine rings is 1. The number of rotatable bonds is 2. The highest BCUT2D eigenvalue weighted by Gasteiger charge is 2.49. The van der Waals surface area contributed by atoms with Crippen LogP contribution < -0.4 is 5.32 Å². The van der Waals surface area contributed by atoms with Crippen LogP contribution in [-0.2, 0) is 0 Å². The van der Waals surface area contributed by atoms with Gasteiger partial charge in [0.25, 0.3) is 0 Å². The highest BCUT2D eigenvalue weighted by atomic mass is 79.9. The number of benzene rings is 1. The van der Waals surface area contributed by atoms with Gasteiger partial charge in [-0.2, -0.15) is 0 Å². The minimum Gasteiger partial charge on any atom is -0.355 e. The van der Waals surface area contributed by atoms with Crippen LogP contribution in [0.15, 0.2) is 46.0 Å². The summed E-state index contributed by atoms with van der Waals surface area (Å²) in [5.41, 5.74) is 2.67. The van der Waals surface area contributed by atoms with Gasteiger partial charge in [0.1, 0.15) is 0 Å². The molecule has 6 atom stereocenters. The van der Waals surface area contributed by atoms with E-state index in [2.05, 4.69) is 90.5 Å². The van der Waals surface area contributed by atoms with E-state index < -0.39 is 0 Å². The number of hydrogen-bond acceptors (Lipinski definition) is 2. The molecule has 5 heteroatoms. The van der Waals surface area contributed by atoms with Crippen LogP contribution in [0.25, 0.3) is 21.9 Å². The number of aromatic nitrogens is 1. The Balaban J connectivity index is 1.33. The second kappa shape index (κ2) is 7.58. The molecule has 0 aromatic heterocycles. The van der Waals surface area contributed by atoms with Crippen LogP contribution in [-0.4, -0.2) is 21.7 Å². The van der Waals surface area contributed by atoms with Gasteiger partial charge in [0.2, 0.25) is 0 Å². The number of nitrogens with one attached hydrogen (secondary N) is 2. The molecule has 3 fully saturated rings. The fraction of sp³-hybridized carbons (Fsp3) is 0.500. The molecule has 5 aliphatic rings. The van der Waals surface area contributed by atoms with Crippen LogP contribution >= 0.6 is 43.6 Å². The van der Waals surface area contributed by atoms with Crippen LogP contribution in [0.4, 0.5) is 0 Å². The third-order valence-electron chi connectivity index (χ3n) is 7.73. The van der Waals surface area contributed by atoms with Crippen molar-refractivity contribution in [2.24, 2.45) is 23.7 Å². The number of hydrogen-bond donors (Lipinski definition) is 2. The maximum Gasteiger partial charge on any atom is 0.0825 e. The Bertz CT molecular complexity index is 1020. The fourth-order valence-corrected chi connectivity index (χ4v) is 9.17. The third-order valence-corrected chi connectivity index (χ3v) is 10.4.